The molecule has 0 bridgehead atoms. The maximum atomic E-state index is 13.3. The lowest BCUT2D eigenvalue weighted by Gasteiger charge is -2.24. The molecule has 3 aromatic rings. The number of pyridine rings is 1. The number of benzene rings is 1. The number of hydrogen-bond donors (Lipinski definition) is 2. The number of fused-ring (bicyclic) bond motifs is 1. The minimum absolute atomic E-state index is 0.0162. The minimum Gasteiger partial charge on any atom is -0.383 e. The van der Waals surface area contributed by atoms with Crippen LogP contribution in [0.15, 0.2) is 33.9 Å². The molecule has 1 aromatic carbocycles. The van der Waals surface area contributed by atoms with Crippen molar-refractivity contribution in [3.63, 3.8) is 0 Å². The second kappa shape index (κ2) is 9.16. The Balaban J connectivity index is 2.03. The van der Waals surface area contributed by atoms with Crippen molar-refractivity contribution in [3.8, 4) is 0 Å². The first-order chi connectivity index (χ1) is 14.8. The van der Waals surface area contributed by atoms with Crippen LogP contribution < -0.4 is 21.9 Å². The van der Waals surface area contributed by atoms with Gasteiger partial charge in [-0.1, -0.05) is 31.5 Å². The highest BCUT2D eigenvalue weighted by Crippen LogP contribution is 2.25. The number of para-hydroxylation sites is 1. The summed E-state index contributed by atoms with van der Waals surface area (Å²) in [6, 6.07) is 7.80. The zero-order valence-electron chi connectivity index (χ0n) is 18.5. The Kier molecular flexibility index (Phi) is 6.58. The van der Waals surface area contributed by atoms with Gasteiger partial charge in [-0.25, -0.2) is 4.79 Å². The lowest BCUT2D eigenvalue weighted by atomic mass is 9.99. The number of aromatic amines is 1. The van der Waals surface area contributed by atoms with E-state index in [1.807, 2.05) is 45.0 Å². The highest BCUT2D eigenvalue weighted by Gasteiger charge is 2.24. The van der Waals surface area contributed by atoms with Gasteiger partial charge in [0.15, 0.2) is 5.69 Å². The van der Waals surface area contributed by atoms with E-state index in [9.17, 15) is 14.4 Å². The van der Waals surface area contributed by atoms with Gasteiger partial charge in [0.1, 0.15) is 5.82 Å². The Hall–Kier alpha value is -3.42. The molecule has 0 fully saturated rings. The maximum Gasteiger partial charge on any atom is 0.330 e. The zero-order valence-corrected chi connectivity index (χ0v) is 18.5. The Morgan fingerprint density at radius 2 is 1.90 bits per heavy atom. The SMILES string of the molecule is CCCCn1c(N)c(N(CC)C(=O)Cc2c(C)nc3ccccc3c2C)c(=O)[nH]c1=O. The van der Waals surface area contributed by atoms with E-state index in [4.69, 9.17) is 5.73 Å². The highest BCUT2D eigenvalue weighted by molar-refractivity contribution is 5.97. The third-order valence-electron chi connectivity index (χ3n) is 5.65. The van der Waals surface area contributed by atoms with Gasteiger partial charge in [-0.2, -0.15) is 0 Å². The molecule has 2 heterocycles. The fraction of sp³-hybridized carbons (Fsp3) is 0.391. The van der Waals surface area contributed by atoms with E-state index in [1.165, 1.54) is 9.47 Å². The number of H-pyrrole nitrogens is 1. The summed E-state index contributed by atoms with van der Waals surface area (Å²) in [5.41, 5.74) is 8.48. The Morgan fingerprint density at radius 3 is 2.58 bits per heavy atom. The van der Waals surface area contributed by atoms with Crippen LogP contribution >= 0.6 is 0 Å². The largest absolute Gasteiger partial charge is 0.383 e. The average molecular weight is 424 g/mol. The van der Waals surface area contributed by atoms with E-state index in [-0.39, 0.29) is 30.4 Å². The molecular formula is C23H29N5O3. The summed E-state index contributed by atoms with van der Waals surface area (Å²) in [6.45, 7) is 8.25. The Labute approximate surface area is 180 Å². The molecule has 164 valence electrons. The second-order valence-corrected chi connectivity index (χ2v) is 7.63. The third-order valence-corrected chi connectivity index (χ3v) is 5.65. The Morgan fingerprint density at radius 1 is 1.19 bits per heavy atom. The standard InChI is InChI=1S/C23H29N5O3/c1-5-7-12-28-21(24)20(22(30)26-23(28)31)27(6-2)19(29)13-17-14(3)16-10-8-9-11-18(16)25-15(17)4/h8-11H,5-7,12-13,24H2,1-4H3,(H,26,30,31). The van der Waals surface area contributed by atoms with Gasteiger partial charge in [0, 0.05) is 24.2 Å². The smallest absolute Gasteiger partial charge is 0.330 e. The van der Waals surface area contributed by atoms with Crippen molar-refractivity contribution in [1.29, 1.82) is 0 Å². The van der Waals surface area contributed by atoms with Crippen molar-refractivity contribution in [3.05, 3.63) is 61.9 Å². The number of anilines is 2. The van der Waals surface area contributed by atoms with Crippen LogP contribution in [0.5, 0.6) is 0 Å². The van der Waals surface area contributed by atoms with Crippen molar-refractivity contribution in [2.45, 2.75) is 53.5 Å². The summed E-state index contributed by atoms with van der Waals surface area (Å²) in [6.07, 6.45) is 1.68. The number of aromatic nitrogens is 3. The van der Waals surface area contributed by atoms with Crippen molar-refractivity contribution in [2.24, 2.45) is 0 Å². The van der Waals surface area contributed by atoms with Gasteiger partial charge in [-0.05, 0) is 44.4 Å². The van der Waals surface area contributed by atoms with E-state index >= 15 is 0 Å². The van der Waals surface area contributed by atoms with Crippen molar-refractivity contribution in [2.75, 3.05) is 17.2 Å². The van der Waals surface area contributed by atoms with Crippen molar-refractivity contribution in [1.82, 2.24) is 14.5 Å². The van der Waals surface area contributed by atoms with Crippen LogP contribution in [-0.2, 0) is 17.8 Å². The molecule has 0 radical (unpaired) electrons. The van der Waals surface area contributed by atoms with Gasteiger partial charge in [0.2, 0.25) is 5.91 Å². The number of carbonyl (C=O) groups excluding carboxylic acids is 1. The first-order valence-corrected chi connectivity index (χ1v) is 10.6. The monoisotopic (exact) mass is 423 g/mol. The average Bonchev–Trinajstić information content (AvgIpc) is 2.73. The van der Waals surface area contributed by atoms with E-state index in [1.54, 1.807) is 6.92 Å². The number of amides is 1. The number of nitrogens with two attached hydrogens (primary N) is 1. The quantitative estimate of drug-likeness (QED) is 0.606. The van der Waals surface area contributed by atoms with Crippen LogP contribution in [0.2, 0.25) is 0 Å². The van der Waals surface area contributed by atoms with Crippen LogP contribution in [0.4, 0.5) is 11.5 Å². The van der Waals surface area contributed by atoms with Gasteiger partial charge >= 0.3 is 5.69 Å². The molecule has 8 nitrogen and oxygen atoms in total. The summed E-state index contributed by atoms with van der Waals surface area (Å²) in [5.74, 6) is -0.258. The summed E-state index contributed by atoms with van der Waals surface area (Å²) >= 11 is 0. The predicted octanol–water partition coefficient (Wildman–Crippen LogP) is 2.68. The number of hydrogen-bond acceptors (Lipinski definition) is 5. The number of carbonyl (C=O) groups is 1. The van der Waals surface area contributed by atoms with Gasteiger partial charge in [0.05, 0.1) is 11.9 Å². The molecule has 0 saturated carbocycles. The molecule has 1 amide bonds. The van der Waals surface area contributed by atoms with Crippen LogP contribution in [0.25, 0.3) is 10.9 Å². The number of aryl methyl sites for hydroxylation is 2. The number of likely N-dealkylation sites (N-methyl/N-ethyl adjacent to an activating group) is 1. The molecule has 8 heteroatoms. The normalized spacial score (nSPS) is 11.1. The van der Waals surface area contributed by atoms with Crippen LogP contribution in [0.3, 0.4) is 0 Å². The minimum atomic E-state index is -0.657. The molecule has 0 aliphatic rings. The van der Waals surface area contributed by atoms with Gasteiger partial charge in [-0.3, -0.25) is 24.1 Å². The van der Waals surface area contributed by atoms with E-state index in [0.29, 0.717) is 6.54 Å². The number of nitrogens with zero attached hydrogens (tertiary/aromatic N) is 3. The van der Waals surface area contributed by atoms with E-state index in [0.717, 1.165) is 40.6 Å². The van der Waals surface area contributed by atoms with E-state index < -0.39 is 11.2 Å². The van der Waals surface area contributed by atoms with Gasteiger partial charge in [-0.15, -0.1) is 0 Å². The summed E-state index contributed by atoms with van der Waals surface area (Å²) in [7, 11) is 0. The highest BCUT2D eigenvalue weighted by atomic mass is 16.2. The summed E-state index contributed by atoms with van der Waals surface area (Å²) in [4.78, 5) is 46.4. The third kappa shape index (κ3) is 4.23. The van der Waals surface area contributed by atoms with Crippen LogP contribution in [0, 0.1) is 13.8 Å². The van der Waals surface area contributed by atoms with Gasteiger partial charge in [0.25, 0.3) is 5.56 Å². The maximum absolute atomic E-state index is 13.3. The Bertz CT molecular complexity index is 1240. The lowest BCUT2D eigenvalue weighted by Crippen LogP contribution is -2.41. The molecule has 3 rings (SSSR count). The number of nitrogen functional groups attached to an aromatic ring is 1. The molecule has 0 aliphatic carbocycles. The number of unbranched alkanes of at least 4 members (excludes halogenated alkanes) is 1. The molecule has 0 atom stereocenters. The zero-order chi connectivity index (χ0) is 22.7. The number of rotatable bonds is 7. The molecule has 0 unspecified atom stereocenters. The van der Waals surface area contributed by atoms with E-state index in [2.05, 4.69) is 9.97 Å². The molecule has 0 saturated heterocycles. The first kappa shape index (κ1) is 22.3. The molecule has 2 aromatic heterocycles. The summed E-state index contributed by atoms with van der Waals surface area (Å²) in [5, 5.41) is 0.990. The molecule has 3 N–H and O–H groups in total. The fourth-order valence-corrected chi connectivity index (χ4v) is 3.91. The molecule has 0 spiro atoms. The molecule has 31 heavy (non-hydrogen) atoms. The van der Waals surface area contributed by atoms with Crippen LogP contribution in [0.1, 0.15) is 43.5 Å². The lowest BCUT2D eigenvalue weighted by molar-refractivity contribution is -0.118. The number of nitrogens with one attached hydrogen (secondary N) is 1. The predicted molar refractivity (Wildman–Crippen MR) is 124 cm³/mol. The van der Waals surface area contributed by atoms with Gasteiger partial charge < -0.3 is 10.6 Å². The van der Waals surface area contributed by atoms with Crippen LogP contribution in [-0.4, -0.2) is 27.0 Å². The topological polar surface area (TPSA) is 114 Å². The molecule has 0 aliphatic heterocycles. The summed E-state index contributed by atoms with van der Waals surface area (Å²) < 4.78 is 1.32. The first-order valence-electron chi connectivity index (χ1n) is 10.6. The molecular weight excluding hydrogens is 394 g/mol. The fourth-order valence-electron chi connectivity index (χ4n) is 3.91. The second-order valence-electron chi connectivity index (χ2n) is 7.63. The van der Waals surface area contributed by atoms with Crippen molar-refractivity contribution >= 4 is 28.3 Å². The van der Waals surface area contributed by atoms with Crippen molar-refractivity contribution < 1.29 is 4.79 Å².